The number of hydrogen-bond acceptors (Lipinski definition) is 6. The number of nitrogens with one attached hydrogen (secondary N) is 1. The van der Waals surface area contributed by atoms with Gasteiger partial charge < -0.3 is 15.0 Å². The van der Waals surface area contributed by atoms with E-state index in [9.17, 15) is 22.8 Å². The Labute approximate surface area is 177 Å². The molecule has 1 fully saturated rings. The molecular formula is C20H29N3O6S. The van der Waals surface area contributed by atoms with E-state index in [1.54, 1.807) is 32.9 Å². The van der Waals surface area contributed by atoms with Gasteiger partial charge in [-0.3, -0.25) is 9.59 Å². The first kappa shape index (κ1) is 23.8. The average Bonchev–Trinajstić information content (AvgIpc) is 3.10. The van der Waals surface area contributed by atoms with Gasteiger partial charge in [0.1, 0.15) is 6.04 Å². The van der Waals surface area contributed by atoms with E-state index in [0.717, 1.165) is 0 Å². The van der Waals surface area contributed by atoms with Crippen LogP contribution in [-0.4, -0.2) is 62.8 Å². The summed E-state index contributed by atoms with van der Waals surface area (Å²) in [6.45, 7) is 7.85. The molecule has 2 rings (SSSR count). The lowest BCUT2D eigenvalue weighted by atomic mass is 10.1. The summed E-state index contributed by atoms with van der Waals surface area (Å²) in [6, 6.07) is 5.26. The Hall–Kier alpha value is -2.46. The molecule has 1 heterocycles. The number of esters is 1. The first-order valence-corrected chi connectivity index (χ1v) is 11.5. The monoisotopic (exact) mass is 439 g/mol. The highest BCUT2D eigenvalue weighted by Crippen LogP contribution is 2.27. The number of amides is 2. The van der Waals surface area contributed by atoms with Gasteiger partial charge in [0.2, 0.25) is 21.8 Å². The molecule has 0 spiro atoms. The number of nitrogens with zero attached hydrogens (tertiary/aromatic N) is 2. The molecule has 0 aliphatic carbocycles. The van der Waals surface area contributed by atoms with Crippen molar-refractivity contribution in [3.63, 3.8) is 0 Å². The van der Waals surface area contributed by atoms with Gasteiger partial charge in [0.15, 0.2) is 0 Å². The maximum Gasteiger partial charge on any atom is 0.328 e. The number of hydrogen-bond donors (Lipinski definition) is 1. The lowest BCUT2D eigenvalue weighted by molar-refractivity contribution is -0.147. The number of carbonyl (C=O) groups excluding carboxylic acids is 3. The van der Waals surface area contributed by atoms with Crippen LogP contribution in [0.15, 0.2) is 29.2 Å². The summed E-state index contributed by atoms with van der Waals surface area (Å²) < 4.78 is 31.4. The summed E-state index contributed by atoms with van der Waals surface area (Å²) in [6.07, 6.45) is 0.0148. The van der Waals surface area contributed by atoms with Gasteiger partial charge in [0.25, 0.3) is 0 Å². The summed E-state index contributed by atoms with van der Waals surface area (Å²) in [5.41, 5.74) is 0.521. The molecule has 1 aliphatic heterocycles. The van der Waals surface area contributed by atoms with Gasteiger partial charge in [-0.25, -0.2) is 13.2 Å². The number of rotatable bonds is 9. The minimum Gasteiger partial charge on any atom is -0.464 e. The van der Waals surface area contributed by atoms with Crippen LogP contribution in [0.2, 0.25) is 0 Å². The zero-order valence-electron chi connectivity index (χ0n) is 17.8. The fourth-order valence-corrected chi connectivity index (χ4v) is 4.76. The van der Waals surface area contributed by atoms with Gasteiger partial charge in [-0.2, -0.15) is 4.31 Å². The van der Waals surface area contributed by atoms with E-state index in [1.807, 2.05) is 0 Å². The van der Waals surface area contributed by atoms with Crippen molar-refractivity contribution in [2.75, 3.05) is 31.1 Å². The Balaban J connectivity index is 2.08. The van der Waals surface area contributed by atoms with Crippen LogP contribution >= 0.6 is 0 Å². The number of anilines is 1. The molecule has 0 aromatic heterocycles. The minimum atomic E-state index is -3.58. The van der Waals surface area contributed by atoms with Crippen molar-refractivity contribution < 1.29 is 27.5 Å². The van der Waals surface area contributed by atoms with E-state index in [-0.39, 0.29) is 30.4 Å². The second kappa shape index (κ2) is 10.0. The standard InChI is InChI=1S/C20H29N3O6S/c1-5-22(6-2)30(27,28)17-10-8-16(9-11-17)23-13-15(12-18(23)24)19(25)21-14(4)20(26)29-7-3/h8-11,14-15H,5-7,12-13H2,1-4H3,(H,21,25). The molecule has 0 saturated carbocycles. The predicted octanol–water partition coefficient (Wildman–Crippen LogP) is 1.14. The van der Waals surface area contributed by atoms with E-state index in [1.165, 1.54) is 28.3 Å². The van der Waals surface area contributed by atoms with Crippen LogP contribution in [0.25, 0.3) is 0 Å². The zero-order valence-corrected chi connectivity index (χ0v) is 18.6. The third-order valence-electron chi connectivity index (χ3n) is 4.99. The third-order valence-corrected chi connectivity index (χ3v) is 7.05. The van der Waals surface area contributed by atoms with Gasteiger partial charge >= 0.3 is 5.97 Å². The molecule has 166 valence electrons. The van der Waals surface area contributed by atoms with Gasteiger partial charge in [0.05, 0.1) is 17.4 Å². The number of ether oxygens (including phenoxy) is 1. The van der Waals surface area contributed by atoms with E-state index in [0.29, 0.717) is 18.8 Å². The van der Waals surface area contributed by atoms with Crippen molar-refractivity contribution in [1.29, 1.82) is 0 Å². The van der Waals surface area contributed by atoms with Crippen molar-refractivity contribution in [3.8, 4) is 0 Å². The Kier molecular flexibility index (Phi) is 7.96. The average molecular weight is 440 g/mol. The Bertz CT molecular complexity index is 880. The maximum atomic E-state index is 12.6. The second-order valence-corrected chi connectivity index (χ2v) is 8.91. The number of benzene rings is 1. The van der Waals surface area contributed by atoms with Crippen molar-refractivity contribution in [2.45, 2.75) is 45.1 Å². The summed E-state index contributed by atoms with van der Waals surface area (Å²) in [5.74, 6) is -1.77. The first-order chi connectivity index (χ1) is 14.1. The highest BCUT2D eigenvalue weighted by molar-refractivity contribution is 7.89. The van der Waals surface area contributed by atoms with Gasteiger partial charge in [-0.05, 0) is 38.1 Å². The van der Waals surface area contributed by atoms with Gasteiger partial charge in [-0.15, -0.1) is 0 Å². The molecule has 9 nitrogen and oxygen atoms in total. The van der Waals surface area contributed by atoms with Crippen molar-refractivity contribution in [1.82, 2.24) is 9.62 Å². The molecular weight excluding hydrogens is 410 g/mol. The van der Waals surface area contributed by atoms with Crippen LogP contribution in [-0.2, 0) is 29.1 Å². The second-order valence-electron chi connectivity index (χ2n) is 6.97. The molecule has 2 unspecified atom stereocenters. The summed E-state index contributed by atoms with van der Waals surface area (Å²) in [7, 11) is -3.58. The zero-order chi connectivity index (χ0) is 22.5. The topological polar surface area (TPSA) is 113 Å². The van der Waals surface area contributed by atoms with Crippen LogP contribution < -0.4 is 10.2 Å². The van der Waals surface area contributed by atoms with Crippen LogP contribution in [0, 0.1) is 5.92 Å². The van der Waals surface area contributed by atoms with Crippen LogP contribution in [0.5, 0.6) is 0 Å². The van der Waals surface area contributed by atoms with E-state index < -0.39 is 33.9 Å². The molecule has 2 amide bonds. The lowest BCUT2D eigenvalue weighted by Crippen LogP contribution is -2.43. The smallest absolute Gasteiger partial charge is 0.328 e. The largest absolute Gasteiger partial charge is 0.464 e. The summed E-state index contributed by atoms with van der Waals surface area (Å²) in [4.78, 5) is 38.1. The van der Waals surface area contributed by atoms with E-state index in [2.05, 4.69) is 5.32 Å². The lowest BCUT2D eigenvalue weighted by Gasteiger charge is -2.20. The van der Waals surface area contributed by atoms with Crippen molar-refractivity contribution in [3.05, 3.63) is 24.3 Å². The van der Waals surface area contributed by atoms with Gasteiger partial charge in [0, 0.05) is 31.7 Å². The molecule has 0 bridgehead atoms. The van der Waals surface area contributed by atoms with Crippen LogP contribution in [0.4, 0.5) is 5.69 Å². The molecule has 10 heteroatoms. The summed E-state index contributed by atoms with van der Waals surface area (Å²) in [5, 5.41) is 2.58. The Morgan fingerprint density at radius 2 is 1.80 bits per heavy atom. The number of sulfonamides is 1. The van der Waals surface area contributed by atoms with Crippen LogP contribution in [0.1, 0.15) is 34.1 Å². The quantitative estimate of drug-likeness (QED) is 0.577. The highest BCUT2D eigenvalue weighted by Gasteiger charge is 2.36. The molecule has 30 heavy (non-hydrogen) atoms. The molecule has 1 aromatic rings. The highest BCUT2D eigenvalue weighted by atomic mass is 32.2. The van der Waals surface area contributed by atoms with Gasteiger partial charge in [-0.1, -0.05) is 13.8 Å². The molecule has 1 aliphatic rings. The Morgan fingerprint density at radius 3 is 2.33 bits per heavy atom. The fraction of sp³-hybridized carbons (Fsp3) is 0.550. The molecule has 0 radical (unpaired) electrons. The van der Waals surface area contributed by atoms with Crippen LogP contribution in [0.3, 0.4) is 0 Å². The van der Waals surface area contributed by atoms with E-state index in [4.69, 9.17) is 4.74 Å². The third kappa shape index (κ3) is 5.17. The van der Waals surface area contributed by atoms with Crippen molar-refractivity contribution in [2.24, 2.45) is 5.92 Å². The first-order valence-electron chi connectivity index (χ1n) is 10.0. The molecule has 1 saturated heterocycles. The molecule has 2 atom stereocenters. The van der Waals surface area contributed by atoms with E-state index >= 15 is 0 Å². The fourth-order valence-electron chi connectivity index (χ4n) is 3.30. The summed E-state index contributed by atoms with van der Waals surface area (Å²) >= 11 is 0. The normalized spacial score (nSPS) is 17.8. The number of carbonyl (C=O) groups is 3. The SMILES string of the molecule is CCOC(=O)C(C)NC(=O)C1CC(=O)N(c2ccc(S(=O)(=O)N(CC)CC)cc2)C1. The molecule has 1 aromatic carbocycles. The molecule has 1 N–H and O–H groups in total. The van der Waals surface area contributed by atoms with Crippen molar-refractivity contribution >= 4 is 33.5 Å². The minimum absolute atomic E-state index is 0.0148. The Morgan fingerprint density at radius 1 is 1.20 bits per heavy atom. The predicted molar refractivity (Wildman–Crippen MR) is 111 cm³/mol. The maximum absolute atomic E-state index is 12.6.